The molecule has 0 aromatic rings. The Morgan fingerprint density at radius 3 is 1.83 bits per heavy atom. The minimum Gasteiger partial charge on any atom is -0.854 e. The molecule has 0 atom stereocenters. The van der Waals surface area contributed by atoms with Crippen LogP contribution in [0.1, 0.15) is 26.7 Å². The molecule has 0 fully saturated rings. The molecule has 0 aliphatic heterocycles. The average Bonchev–Trinajstić information content (AvgIpc) is 1.90. The first-order chi connectivity index (χ1) is 5.06. The van der Waals surface area contributed by atoms with Gasteiger partial charge in [0.05, 0.1) is 5.97 Å². The predicted octanol–water partition coefficient (Wildman–Crippen LogP) is -0.543. The van der Waals surface area contributed by atoms with Crippen molar-refractivity contribution < 1.29 is 41.2 Å². The van der Waals surface area contributed by atoms with Crippen LogP contribution in [0.4, 0.5) is 0 Å². The van der Waals surface area contributed by atoms with Crippen LogP contribution in [0.2, 0.25) is 0 Å². The van der Waals surface area contributed by atoms with Gasteiger partial charge in [-0.2, -0.15) is 0 Å². The molecule has 0 bridgehead atoms. The van der Waals surface area contributed by atoms with Crippen LogP contribution in [0.3, 0.4) is 0 Å². The van der Waals surface area contributed by atoms with Crippen molar-refractivity contribution in [3.05, 3.63) is 12.2 Å². The third-order valence-electron chi connectivity index (χ3n) is 0.846. The van der Waals surface area contributed by atoms with E-state index in [0.29, 0.717) is 0 Å². The molecule has 12 heavy (non-hydrogen) atoms. The van der Waals surface area contributed by atoms with Crippen LogP contribution < -0.4 is 10.2 Å². The number of hydrogen-bond donors (Lipinski definition) is 0. The van der Waals surface area contributed by atoms with Crippen LogP contribution in [-0.4, -0.2) is 12.6 Å². The summed E-state index contributed by atoms with van der Waals surface area (Å²) in [5.41, 5.74) is 0.0648. The molecule has 4 heteroatoms. The number of aliphatic carboxylic acids is 1. The Morgan fingerprint density at radius 1 is 1.50 bits per heavy atom. The molecule has 0 saturated carbocycles. The van der Waals surface area contributed by atoms with Gasteiger partial charge in [-0.15, -0.1) is 6.61 Å². The molecule has 0 aromatic heterocycles. The van der Waals surface area contributed by atoms with E-state index in [2.05, 4.69) is 6.58 Å². The van der Waals surface area contributed by atoms with E-state index >= 15 is 0 Å². The molecular weight excluding hydrogens is 235 g/mol. The Labute approximate surface area is 92.6 Å². The summed E-state index contributed by atoms with van der Waals surface area (Å²) in [5, 5.41) is 19.0. The molecule has 0 unspecified atom stereocenters. The van der Waals surface area contributed by atoms with E-state index in [4.69, 9.17) is 0 Å². The summed E-state index contributed by atoms with van der Waals surface area (Å²) in [6.07, 6.45) is 1.86. The number of rotatable bonds is 3. The second kappa shape index (κ2) is 13.6. The van der Waals surface area contributed by atoms with E-state index in [-0.39, 0.29) is 38.4 Å². The van der Waals surface area contributed by atoms with E-state index in [1.807, 2.05) is 6.92 Å². The molecule has 0 amide bonds. The summed E-state index contributed by atoms with van der Waals surface area (Å²) in [5.74, 6) is -1.19. The smallest absolute Gasteiger partial charge is 0.854 e. The largest absolute Gasteiger partial charge is 2.00 e. The van der Waals surface area contributed by atoms with Crippen molar-refractivity contribution in [2.45, 2.75) is 26.7 Å². The minimum atomic E-state index is -1.19. The van der Waals surface area contributed by atoms with Gasteiger partial charge in [0.25, 0.3) is 0 Å². The molecule has 0 spiro atoms. The monoisotopic (exact) mass is 248 g/mol. The first-order valence-corrected chi connectivity index (χ1v) is 3.51. The molecular formula is C8H14O3Zr. The Balaban J connectivity index is -0.000000126. The maximum Gasteiger partial charge on any atom is 2.00 e. The quantitative estimate of drug-likeness (QED) is 0.631. The Hall–Kier alpha value is 0.0531. The maximum absolute atomic E-state index is 9.53. The van der Waals surface area contributed by atoms with Crippen LogP contribution in [0.5, 0.6) is 0 Å². The summed E-state index contributed by atoms with van der Waals surface area (Å²) in [7, 11) is 0. The maximum atomic E-state index is 9.53. The molecule has 3 nitrogen and oxygen atoms in total. The zero-order valence-corrected chi connectivity index (χ0v) is 10.0. The van der Waals surface area contributed by atoms with Gasteiger partial charge in [-0.05, 0) is 12.5 Å². The number of carboxylic acids is 1. The van der Waals surface area contributed by atoms with Crippen molar-refractivity contribution >= 4 is 5.97 Å². The van der Waals surface area contributed by atoms with Gasteiger partial charge in [0, 0.05) is 0 Å². The van der Waals surface area contributed by atoms with Crippen LogP contribution in [-0.2, 0) is 31.0 Å². The van der Waals surface area contributed by atoms with Gasteiger partial charge in [-0.25, -0.2) is 0 Å². The van der Waals surface area contributed by atoms with Crippen molar-refractivity contribution in [1.29, 1.82) is 0 Å². The summed E-state index contributed by atoms with van der Waals surface area (Å²) >= 11 is 0. The summed E-state index contributed by atoms with van der Waals surface area (Å²) in [6.45, 7) is 6.58. The van der Waals surface area contributed by atoms with Gasteiger partial charge in [-0.3, -0.25) is 0 Å². The topological polar surface area (TPSA) is 63.2 Å². The van der Waals surface area contributed by atoms with E-state index in [1.165, 1.54) is 6.92 Å². The zero-order chi connectivity index (χ0) is 9.28. The second-order valence-corrected chi connectivity index (χ2v) is 2.13. The fourth-order valence-electron chi connectivity index (χ4n) is 0.144. The molecule has 0 aliphatic rings. The third-order valence-corrected chi connectivity index (χ3v) is 0.846. The van der Waals surface area contributed by atoms with Crippen molar-refractivity contribution in [1.82, 2.24) is 0 Å². The van der Waals surface area contributed by atoms with Crippen LogP contribution in [0.15, 0.2) is 12.2 Å². The van der Waals surface area contributed by atoms with Crippen LogP contribution >= 0.6 is 0 Å². The minimum absolute atomic E-state index is 0. The molecule has 0 saturated heterocycles. The number of hydrogen-bond acceptors (Lipinski definition) is 3. The summed E-state index contributed by atoms with van der Waals surface area (Å²) < 4.78 is 0. The Morgan fingerprint density at radius 2 is 1.83 bits per heavy atom. The van der Waals surface area contributed by atoms with Gasteiger partial charge >= 0.3 is 26.2 Å². The number of carbonyl (C=O) groups excluding carboxylic acids is 1. The van der Waals surface area contributed by atoms with Crippen LogP contribution in [0, 0.1) is 0 Å². The molecule has 68 valence electrons. The van der Waals surface area contributed by atoms with E-state index in [1.54, 1.807) is 0 Å². The fourth-order valence-corrected chi connectivity index (χ4v) is 0.144. The van der Waals surface area contributed by atoms with Gasteiger partial charge in [0.1, 0.15) is 0 Å². The fraction of sp³-hybridized carbons (Fsp3) is 0.625. The average molecular weight is 249 g/mol. The molecule has 0 aromatic carbocycles. The molecule has 0 heterocycles. The van der Waals surface area contributed by atoms with Crippen molar-refractivity contribution in [2.24, 2.45) is 0 Å². The van der Waals surface area contributed by atoms with Crippen LogP contribution in [0.25, 0.3) is 0 Å². The predicted molar refractivity (Wildman–Crippen MR) is 39.6 cm³/mol. The number of carboxylic acid groups (broad SMARTS) is 1. The number of carbonyl (C=O) groups is 1. The normalized spacial score (nSPS) is 7.25. The molecule has 0 aliphatic carbocycles. The third kappa shape index (κ3) is 22.5. The van der Waals surface area contributed by atoms with E-state index in [9.17, 15) is 15.0 Å². The van der Waals surface area contributed by atoms with Gasteiger partial charge in [-0.1, -0.05) is 26.3 Å². The van der Waals surface area contributed by atoms with Crippen molar-refractivity contribution in [3.63, 3.8) is 0 Å². The van der Waals surface area contributed by atoms with E-state index < -0.39 is 5.97 Å². The van der Waals surface area contributed by atoms with E-state index in [0.717, 1.165) is 12.8 Å². The first kappa shape index (κ1) is 18.0. The molecule has 0 rings (SSSR count). The Kier molecular flexibility index (Phi) is 20.4. The summed E-state index contributed by atoms with van der Waals surface area (Å²) in [4.78, 5) is 9.49. The Bertz CT molecular complexity index is 109. The van der Waals surface area contributed by atoms with Crippen molar-refractivity contribution in [2.75, 3.05) is 6.61 Å². The first-order valence-electron chi connectivity index (χ1n) is 3.51. The number of unbranched alkanes of at least 4 members (excludes halogenated alkanes) is 1. The molecule has 0 N–H and O–H groups in total. The molecule has 0 radical (unpaired) electrons. The van der Waals surface area contributed by atoms with Gasteiger partial charge in [0.2, 0.25) is 0 Å². The standard InChI is InChI=1S/C4H6O2.C4H9O.Zr/c1-3(2)4(5)6;1-2-3-4-5;/h1H2,2H3,(H,5,6);2-4H2,1H3;/q;-1;+2/p-1. The zero-order valence-electron chi connectivity index (χ0n) is 7.55. The van der Waals surface area contributed by atoms with Crippen molar-refractivity contribution in [3.8, 4) is 0 Å². The van der Waals surface area contributed by atoms with Gasteiger partial charge < -0.3 is 15.0 Å². The van der Waals surface area contributed by atoms with Gasteiger partial charge in [0.15, 0.2) is 0 Å². The SMILES string of the molecule is C=C(C)C(=O)[O-].CCCC[O-].[Zr+2]. The summed E-state index contributed by atoms with van der Waals surface area (Å²) in [6, 6.07) is 0. The second-order valence-electron chi connectivity index (χ2n) is 2.13.